The van der Waals surface area contributed by atoms with E-state index >= 15 is 0 Å². The molecule has 2 aliphatic rings. The first-order valence-corrected chi connectivity index (χ1v) is 8.61. The molecule has 3 heterocycles. The van der Waals surface area contributed by atoms with E-state index in [9.17, 15) is 4.79 Å². The highest BCUT2D eigenvalue weighted by atomic mass is 16.5. The van der Waals surface area contributed by atoms with Crippen LogP contribution in [0.2, 0.25) is 0 Å². The molecule has 0 radical (unpaired) electrons. The molecule has 2 aliphatic heterocycles. The number of para-hydroxylation sites is 1. The largest absolute Gasteiger partial charge is 0.480 e. The number of fused-ring (bicyclic) bond motifs is 1. The van der Waals surface area contributed by atoms with Gasteiger partial charge in [-0.05, 0) is 18.1 Å². The summed E-state index contributed by atoms with van der Waals surface area (Å²) in [6.45, 7) is 5.40. The van der Waals surface area contributed by atoms with E-state index in [1.165, 1.54) is 0 Å². The molecule has 0 bridgehead atoms. The molecule has 0 N–H and O–H groups in total. The minimum Gasteiger partial charge on any atom is -0.480 e. The number of likely N-dealkylation sites (tertiary alicyclic amines) is 1. The molecule has 132 valence electrons. The van der Waals surface area contributed by atoms with Crippen LogP contribution in [0.3, 0.4) is 0 Å². The van der Waals surface area contributed by atoms with Crippen LogP contribution in [0.4, 0.5) is 0 Å². The van der Waals surface area contributed by atoms with Crippen LogP contribution in [-0.2, 0) is 29.0 Å². The highest BCUT2D eigenvalue weighted by Crippen LogP contribution is 2.33. The molecule has 0 spiro atoms. The van der Waals surface area contributed by atoms with Gasteiger partial charge in [0.05, 0.1) is 6.10 Å². The number of hydrogen-bond acceptors (Lipinski definition) is 6. The highest BCUT2D eigenvalue weighted by Gasteiger charge is 2.39. The van der Waals surface area contributed by atoms with Gasteiger partial charge in [0.2, 0.25) is 0 Å². The minimum absolute atomic E-state index is 0.00596. The van der Waals surface area contributed by atoms with Crippen molar-refractivity contribution in [3.8, 4) is 5.75 Å². The van der Waals surface area contributed by atoms with Crippen LogP contribution < -0.4 is 4.74 Å². The Kier molecular flexibility index (Phi) is 4.17. The molecule has 1 aromatic heterocycles. The van der Waals surface area contributed by atoms with E-state index in [-0.39, 0.29) is 18.6 Å². The van der Waals surface area contributed by atoms with E-state index in [1.807, 2.05) is 32.0 Å². The average molecular weight is 343 g/mol. The standard InChI is InChI=1S/C18H21N3O4/c1-3-15-19-16(25-20-15)10-23-13-8-21(9-13)18(22)14-7-12-6-4-5-11(2)17(12)24-14/h4-6,13-14H,3,7-10H2,1-2H3. The number of ether oxygens (including phenoxy) is 2. The first-order valence-electron chi connectivity index (χ1n) is 8.61. The summed E-state index contributed by atoms with van der Waals surface area (Å²) in [5.74, 6) is 2.04. The van der Waals surface area contributed by atoms with Crippen LogP contribution in [0.25, 0.3) is 0 Å². The van der Waals surface area contributed by atoms with Crippen LogP contribution in [0, 0.1) is 6.92 Å². The second kappa shape index (κ2) is 6.48. The number of rotatable bonds is 5. The number of aryl methyl sites for hydroxylation is 2. The lowest BCUT2D eigenvalue weighted by molar-refractivity contribution is -0.153. The lowest BCUT2D eigenvalue weighted by Gasteiger charge is -2.39. The molecule has 4 rings (SSSR count). The molecule has 1 unspecified atom stereocenters. The first kappa shape index (κ1) is 16.1. The van der Waals surface area contributed by atoms with Crippen LogP contribution in [0.5, 0.6) is 5.75 Å². The summed E-state index contributed by atoms with van der Waals surface area (Å²) < 4.78 is 16.7. The smallest absolute Gasteiger partial charge is 0.264 e. The lowest BCUT2D eigenvalue weighted by atomic mass is 10.1. The van der Waals surface area contributed by atoms with Gasteiger partial charge in [-0.25, -0.2) is 0 Å². The summed E-state index contributed by atoms with van der Waals surface area (Å²) in [7, 11) is 0. The van der Waals surface area contributed by atoms with E-state index in [0.717, 1.165) is 23.3 Å². The second-order valence-electron chi connectivity index (χ2n) is 6.51. The van der Waals surface area contributed by atoms with Crippen molar-refractivity contribution in [3.63, 3.8) is 0 Å². The van der Waals surface area contributed by atoms with Crippen LogP contribution in [-0.4, -0.2) is 46.2 Å². The lowest BCUT2D eigenvalue weighted by Crippen LogP contribution is -2.58. The van der Waals surface area contributed by atoms with E-state index in [1.54, 1.807) is 4.90 Å². The quantitative estimate of drug-likeness (QED) is 0.822. The molecule has 0 aliphatic carbocycles. The SMILES string of the molecule is CCc1noc(COC2CN(C(=O)C3Cc4cccc(C)c4O3)C2)n1. The topological polar surface area (TPSA) is 77.7 Å². The summed E-state index contributed by atoms with van der Waals surface area (Å²) in [5.41, 5.74) is 2.18. The predicted molar refractivity (Wildman–Crippen MR) is 88.1 cm³/mol. The van der Waals surface area contributed by atoms with Gasteiger partial charge < -0.3 is 18.9 Å². The molecule has 1 aromatic carbocycles. The molecule has 1 amide bonds. The van der Waals surface area contributed by atoms with Gasteiger partial charge in [0.1, 0.15) is 12.4 Å². The van der Waals surface area contributed by atoms with Crippen molar-refractivity contribution >= 4 is 5.91 Å². The number of carbonyl (C=O) groups excluding carboxylic acids is 1. The monoisotopic (exact) mass is 343 g/mol. The molecule has 7 nitrogen and oxygen atoms in total. The fourth-order valence-corrected chi connectivity index (χ4v) is 3.17. The van der Waals surface area contributed by atoms with Crippen molar-refractivity contribution in [2.45, 2.75) is 45.5 Å². The van der Waals surface area contributed by atoms with Gasteiger partial charge in [-0.15, -0.1) is 0 Å². The highest BCUT2D eigenvalue weighted by molar-refractivity contribution is 5.83. The van der Waals surface area contributed by atoms with Gasteiger partial charge in [-0.1, -0.05) is 30.3 Å². The number of hydrogen-bond donors (Lipinski definition) is 0. The molecule has 25 heavy (non-hydrogen) atoms. The van der Waals surface area contributed by atoms with Gasteiger partial charge in [-0.2, -0.15) is 4.98 Å². The maximum absolute atomic E-state index is 12.6. The maximum Gasteiger partial charge on any atom is 0.264 e. The van der Waals surface area contributed by atoms with Crippen molar-refractivity contribution in [2.24, 2.45) is 0 Å². The zero-order valence-corrected chi connectivity index (χ0v) is 14.4. The van der Waals surface area contributed by atoms with E-state index < -0.39 is 6.10 Å². The molecule has 1 atom stereocenters. The zero-order valence-electron chi connectivity index (χ0n) is 14.4. The van der Waals surface area contributed by atoms with Crippen LogP contribution >= 0.6 is 0 Å². The minimum atomic E-state index is -0.417. The van der Waals surface area contributed by atoms with E-state index in [4.69, 9.17) is 14.0 Å². The molecule has 0 saturated carbocycles. The number of aromatic nitrogens is 2. The molecular weight excluding hydrogens is 322 g/mol. The Balaban J connectivity index is 1.25. The molecule has 2 aromatic rings. The van der Waals surface area contributed by atoms with E-state index in [2.05, 4.69) is 10.1 Å². The summed E-state index contributed by atoms with van der Waals surface area (Å²) in [4.78, 5) is 18.6. The zero-order chi connectivity index (χ0) is 17.4. The van der Waals surface area contributed by atoms with Gasteiger partial charge in [0, 0.05) is 25.9 Å². The Morgan fingerprint density at radius 1 is 1.40 bits per heavy atom. The Bertz CT molecular complexity index is 782. The fraction of sp³-hybridized carbons (Fsp3) is 0.500. The Labute approximate surface area is 145 Å². The fourth-order valence-electron chi connectivity index (χ4n) is 3.17. The maximum atomic E-state index is 12.6. The molecular formula is C18H21N3O4. The normalized spacial score (nSPS) is 19.4. The third kappa shape index (κ3) is 3.11. The number of nitrogens with zero attached hydrogens (tertiary/aromatic N) is 3. The summed E-state index contributed by atoms with van der Waals surface area (Å²) in [6, 6.07) is 6.02. The first-order chi connectivity index (χ1) is 12.1. The van der Waals surface area contributed by atoms with Gasteiger partial charge in [0.25, 0.3) is 11.8 Å². The van der Waals surface area contributed by atoms with Crippen LogP contribution in [0.1, 0.15) is 29.8 Å². The third-order valence-electron chi connectivity index (χ3n) is 4.66. The van der Waals surface area contributed by atoms with Crippen molar-refractivity contribution in [3.05, 3.63) is 41.0 Å². The third-order valence-corrected chi connectivity index (χ3v) is 4.66. The van der Waals surface area contributed by atoms with Gasteiger partial charge in [-0.3, -0.25) is 4.79 Å². The Morgan fingerprint density at radius 3 is 2.96 bits per heavy atom. The Morgan fingerprint density at radius 2 is 2.24 bits per heavy atom. The summed E-state index contributed by atoms with van der Waals surface area (Å²) in [5, 5.41) is 3.83. The molecule has 7 heteroatoms. The number of amides is 1. The van der Waals surface area contributed by atoms with Gasteiger partial charge >= 0.3 is 0 Å². The second-order valence-corrected chi connectivity index (χ2v) is 6.51. The van der Waals surface area contributed by atoms with Crippen LogP contribution in [0.15, 0.2) is 22.7 Å². The number of carbonyl (C=O) groups is 1. The summed E-state index contributed by atoms with van der Waals surface area (Å²) >= 11 is 0. The molecule has 1 saturated heterocycles. The van der Waals surface area contributed by atoms with Crippen molar-refractivity contribution < 1.29 is 18.8 Å². The Hall–Kier alpha value is -2.41. The van der Waals surface area contributed by atoms with Crippen molar-refractivity contribution in [2.75, 3.05) is 13.1 Å². The van der Waals surface area contributed by atoms with Crippen molar-refractivity contribution in [1.29, 1.82) is 0 Å². The van der Waals surface area contributed by atoms with Gasteiger partial charge in [0.15, 0.2) is 11.9 Å². The van der Waals surface area contributed by atoms with Crippen molar-refractivity contribution in [1.82, 2.24) is 15.0 Å². The predicted octanol–water partition coefficient (Wildman–Crippen LogP) is 1.67. The number of benzene rings is 1. The average Bonchev–Trinajstić information content (AvgIpc) is 3.20. The summed E-state index contributed by atoms with van der Waals surface area (Å²) in [6.07, 6.45) is 0.963. The van der Waals surface area contributed by atoms with E-state index in [0.29, 0.717) is 31.2 Å². The molecule has 1 fully saturated rings.